The van der Waals surface area contributed by atoms with E-state index in [9.17, 15) is 18.0 Å². The van der Waals surface area contributed by atoms with Gasteiger partial charge in [0.15, 0.2) is 0 Å². The van der Waals surface area contributed by atoms with Crippen LogP contribution in [0, 0.1) is 5.92 Å². The van der Waals surface area contributed by atoms with Crippen LogP contribution >= 0.6 is 11.8 Å². The van der Waals surface area contributed by atoms with E-state index < -0.39 is 10.0 Å². The number of para-hydroxylation sites is 1. The Bertz CT molecular complexity index is 1240. The molecular weight excluding hydrogens is 486 g/mol. The average Bonchev–Trinajstić information content (AvgIpc) is 3.00. The second kappa shape index (κ2) is 9.93. The fourth-order valence-corrected chi connectivity index (χ4v) is 7.26. The summed E-state index contributed by atoms with van der Waals surface area (Å²) in [5, 5.41) is 0. The van der Waals surface area contributed by atoms with Crippen LogP contribution < -0.4 is 9.80 Å². The van der Waals surface area contributed by atoms with Crippen LogP contribution in [-0.4, -0.2) is 69.7 Å². The van der Waals surface area contributed by atoms with Crippen LogP contribution in [0.3, 0.4) is 0 Å². The summed E-state index contributed by atoms with van der Waals surface area (Å²) in [4.78, 5) is 31.1. The molecule has 8 nitrogen and oxygen atoms in total. The van der Waals surface area contributed by atoms with Crippen molar-refractivity contribution in [1.82, 2.24) is 4.31 Å². The first kappa shape index (κ1) is 24.3. The standard InChI is InChI=1S/C25H29N3O5S2/c1-18-17-34-23-9-8-20(35(31,32)26-11-13-33-14-12-26)15-22(23)28(25(18)30)16-24(29)27-10-4-6-19-5-2-3-7-21(19)27/h2-3,5,7-9,15,18H,4,6,10-14,16-17H2,1H3/t18-/m1/s1. The molecule has 1 saturated heterocycles. The van der Waals surface area contributed by atoms with Gasteiger partial charge in [0.2, 0.25) is 21.8 Å². The van der Waals surface area contributed by atoms with Gasteiger partial charge in [-0.1, -0.05) is 25.1 Å². The molecule has 3 aliphatic heterocycles. The second-order valence-corrected chi connectivity index (χ2v) is 12.1. The van der Waals surface area contributed by atoms with Crippen molar-refractivity contribution in [3.8, 4) is 0 Å². The summed E-state index contributed by atoms with van der Waals surface area (Å²) in [6, 6.07) is 12.8. The van der Waals surface area contributed by atoms with Gasteiger partial charge in [-0.3, -0.25) is 9.59 Å². The normalized spacial score (nSPS) is 21.3. The Labute approximate surface area is 210 Å². The first-order valence-electron chi connectivity index (χ1n) is 11.9. The lowest BCUT2D eigenvalue weighted by Gasteiger charge is -2.32. The molecule has 0 aliphatic carbocycles. The highest BCUT2D eigenvalue weighted by Crippen LogP contribution is 2.38. The van der Waals surface area contributed by atoms with Gasteiger partial charge in [-0.15, -0.1) is 11.8 Å². The van der Waals surface area contributed by atoms with Gasteiger partial charge in [0.25, 0.3) is 0 Å². The Morgan fingerprint density at radius 3 is 2.66 bits per heavy atom. The van der Waals surface area contributed by atoms with E-state index in [2.05, 4.69) is 0 Å². The molecule has 2 aromatic rings. The first-order chi connectivity index (χ1) is 16.9. The number of sulfonamides is 1. The Morgan fingerprint density at radius 1 is 1.09 bits per heavy atom. The number of hydrogen-bond acceptors (Lipinski definition) is 6. The number of amides is 2. The number of hydrogen-bond donors (Lipinski definition) is 0. The fraction of sp³-hybridized carbons (Fsp3) is 0.440. The number of fused-ring (bicyclic) bond motifs is 2. The number of benzene rings is 2. The highest BCUT2D eigenvalue weighted by Gasteiger charge is 2.34. The summed E-state index contributed by atoms with van der Waals surface area (Å²) in [5.74, 6) is -0.0699. The molecule has 2 amide bonds. The maximum absolute atomic E-state index is 13.5. The van der Waals surface area contributed by atoms with Gasteiger partial charge in [-0.2, -0.15) is 4.31 Å². The topological polar surface area (TPSA) is 87.2 Å². The average molecular weight is 516 g/mol. The van der Waals surface area contributed by atoms with Crippen LogP contribution in [0.15, 0.2) is 52.3 Å². The predicted molar refractivity (Wildman–Crippen MR) is 135 cm³/mol. The highest BCUT2D eigenvalue weighted by molar-refractivity contribution is 7.99. The van der Waals surface area contributed by atoms with Crippen molar-refractivity contribution >= 4 is 45.0 Å². The molecule has 0 bridgehead atoms. The molecule has 0 saturated carbocycles. The number of anilines is 2. The van der Waals surface area contributed by atoms with Crippen LogP contribution in [0.1, 0.15) is 18.9 Å². The van der Waals surface area contributed by atoms with E-state index in [-0.39, 0.29) is 29.2 Å². The Hall–Kier alpha value is -2.40. The van der Waals surface area contributed by atoms with Crippen molar-refractivity contribution in [2.45, 2.75) is 29.6 Å². The molecule has 3 aliphatic rings. The Balaban J connectivity index is 1.49. The monoisotopic (exact) mass is 515 g/mol. The van der Waals surface area contributed by atoms with Crippen molar-refractivity contribution in [1.29, 1.82) is 0 Å². The third-order valence-electron chi connectivity index (χ3n) is 6.71. The molecule has 3 heterocycles. The van der Waals surface area contributed by atoms with E-state index in [4.69, 9.17) is 4.74 Å². The van der Waals surface area contributed by atoms with Crippen LogP contribution in [0.25, 0.3) is 0 Å². The van der Waals surface area contributed by atoms with Gasteiger partial charge in [-0.05, 0) is 42.7 Å². The number of nitrogens with zero attached hydrogens (tertiary/aromatic N) is 3. The lowest BCUT2D eigenvalue weighted by Crippen LogP contribution is -2.46. The molecule has 5 rings (SSSR count). The summed E-state index contributed by atoms with van der Waals surface area (Å²) < 4.78 is 33.3. The lowest BCUT2D eigenvalue weighted by atomic mass is 10.0. The van der Waals surface area contributed by atoms with Gasteiger partial charge in [0.05, 0.1) is 23.8 Å². The van der Waals surface area contributed by atoms with Crippen LogP contribution in [0.2, 0.25) is 0 Å². The van der Waals surface area contributed by atoms with Gasteiger partial charge in [-0.25, -0.2) is 8.42 Å². The molecule has 35 heavy (non-hydrogen) atoms. The minimum Gasteiger partial charge on any atom is -0.379 e. The second-order valence-electron chi connectivity index (χ2n) is 9.06. The maximum atomic E-state index is 13.5. The van der Waals surface area contributed by atoms with Gasteiger partial charge >= 0.3 is 0 Å². The Morgan fingerprint density at radius 2 is 1.86 bits per heavy atom. The molecule has 0 aromatic heterocycles. The molecule has 2 aromatic carbocycles. The number of rotatable bonds is 4. The Kier molecular flexibility index (Phi) is 6.89. The first-order valence-corrected chi connectivity index (χ1v) is 14.3. The van der Waals surface area contributed by atoms with Gasteiger partial charge in [0.1, 0.15) is 6.54 Å². The molecular formula is C25H29N3O5S2. The summed E-state index contributed by atoms with van der Waals surface area (Å²) in [6.07, 6.45) is 1.78. The quantitative estimate of drug-likeness (QED) is 0.622. The number of carbonyl (C=O) groups excluding carboxylic acids is 2. The number of carbonyl (C=O) groups is 2. The molecule has 1 fully saturated rings. The van der Waals surface area contributed by atoms with E-state index in [1.54, 1.807) is 23.1 Å². The lowest BCUT2D eigenvalue weighted by molar-refractivity contribution is -0.124. The number of morpholine rings is 1. The zero-order valence-corrected chi connectivity index (χ0v) is 21.3. The summed E-state index contributed by atoms with van der Waals surface area (Å²) in [5.41, 5.74) is 2.49. The molecule has 1 atom stereocenters. The summed E-state index contributed by atoms with van der Waals surface area (Å²) in [6.45, 7) is 3.61. The highest BCUT2D eigenvalue weighted by atomic mass is 32.2. The molecule has 0 unspecified atom stereocenters. The van der Waals surface area contributed by atoms with Crippen molar-refractivity contribution < 1.29 is 22.7 Å². The zero-order valence-electron chi connectivity index (χ0n) is 19.7. The number of thioether (sulfide) groups is 1. The smallest absolute Gasteiger partial charge is 0.247 e. The SMILES string of the molecule is C[C@@H]1CSc2ccc(S(=O)(=O)N3CCOCC3)cc2N(CC(=O)N2CCCc3ccccc32)C1=O. The predicted octanol–water partition coefficient (Wildman–Crippen LogP) is 2.76. The number of aryl methyl sites for hydroxylation is 1. The van der Waals surface area contributed by atoms with Crippen LogP contribution in [0.5, 0.6) is 0 Å². The minimum atomic E-state index is -3.74. The molecule has 0 N–H and O–H groups in total. The van der Waals surface area contributed by atoms with E-state index in [1.807, 2.05) is 31.2 Å². The van der Waals surface area contributed by atoms with Crippen molar-refractivity contribution in [2.75, 3.05) is 54.9 Å². The van der Waals surface area contributed by atoms with E-state index in [0.717, 1.165) is 29.0 Å². The van der Waals surface area contributed by atoms with Gasteiger partial charge < -0.3 is 14.5 Å². The van der Waals surface area contributed by atoms with Crippen molar-refractivity contribution in [2.24, 2.45) is 5.92 Å². The fourth-order valence-electron chi connectivity index (χ4n) is 4.77. The summed E-state index contributed by atoms with van der Waals surface area (Å²) in [7, 11) is -3.74. The third-order valence-corrected chi connectivity index (χ3v) is 9.93. The van der Waals surface area contributed by atoms with Gasteiger partial charge in [0, 0.05) is 41.9 Å². The number of ether oxygens (including phenoxy) is 1. The third kappa shape index (κ3) is 4.72. The van der Waals surface area contributed by atoms with Crippen molar-refractivity contribution in [3.63, 3.8) is 0 Å². The van der Waals surface area contributed by atoms with E-state index >= 15 is 0 Å². The zero-order chi connectivity index (χ0) is 24.6. The minimum absolute atomic E-state index is 0.127. The molecule has 186 valence electrons. The summed E-state index contributed by atoms with van der Waals surface area (Å²) >= 11 is 1.52. The van der Waals surface area contributed by atoms with E-state index in [1.165, 1.54) is 21.0 Å². The van der Waals surface area contributed by atoms with Crippen LogP contribution in [-0.2, 0) is 30.8 Å². The maximum Gasteiger partial charge on any atom is 0.247 e. The van der Waals surface area contributed by atoms with E-state index in [0.29, 0.717) is 44.3 Å². The van der Waals surface area contributed by atoms with Crippen molar-refractivity contribution in [3.05, 3.63) is 48.0 Å². The molecule has 0 radical (unpaired) electrons. The molecule has 10 heteroatoms. The largest absolute Gasteiger partial charge is 0.379 e. The van der Waals surface area contributed by atoms with Crippen LogP contribution in [0.4, 0.5) is 11.4 Å². The molecule has 0 spiro atoms.